The highest BCUT2D eigenvalue weighted by atomic mass is 16.5. The number of fused-ring (bicyclic) bond motifs is 1. The Kier molecular flexibility index (Phi) is 9.31. The van der Waals surface area contributed by atoms with E-state index in [4.69, 9.17) is 4.74 Å². The number of nitrogens with zero attached hydrogens (tertiary/aromatic N) is 3. The summed E-state index contributed by atoms with van der Waals surface area (Å²) < 4.78 is 6.33. The molecule has 1 aromatic heterocycles. The van der Waals surface area contributed by atoms with Crippen LogP contribution in [0.2, 0.25) is 0 Å². The van der Waals surface area contributed by atoms with Crippen LogP contribution in [0.4, 0.5) is 4.79 Å². The van der Waals surface area contributed by atoms with E-state index < -0.39 is 0 Å². The number of likely N-dealkylation sites (N-methyl/N-ethyl adjacent to an activating group) is 1. The molecule has 2 heterocycles. The molecule has 3 atom stereocenters. The van der Waals surface area contributed by atoms with Crippen LogP contribution in [0.3, 0.4) is 0 Å². The molecule has 0 saturated heterocycles. The number of urea groups is 1. The van der Waals surface area contributed by atoms with E-state index in [0.717, 1.165) is 38.5 Å². The summed E-state index contributed by atoms with van der Waals surface area (Å²) in [5, 5.41) is 13.0. The molecule has 3 amide bonds. The van der Waals surface area contributed by atoms with Gasteiger partial charge in [0.15, 0.2) is 0 Å². The van der Waals surface area contributed by atoms with Crippen molar-refractivity contribution < 1.29 is 19.4 Å². The fourth-order valence-corrected chi connectivity index (χ4v) is 5.53. The van der Waals surface area contributed by atoms with Crippen molar-refractivity contribution in [1.29, 1.82) is 0 Å². The van der Waals surface area contributed by atoms with Crippen molar-refractivity contribution in [3.8, 4) is 17.7 Å². The van der Waals surface area contributed by atoms with Crippen molar-refractivity contribution in [3.63, 3.8) is 0 Å². The lowest BCUT2D eigenvalue weighted by molar-refractivity contribution is 0.0351. The average molecular weight is 511 g/mol. The number of nitrogens with one attached hydrogen (secondary N) is 1. The van der Waals surface area contributed by atoms with E-state index >= 15 is 0 Å². The molecule has 1 aliphatic heterocycles. The number of amides is 3. The molecule has 3 aliphatic rings. The van der Waals surface area contributed by atoms with Gasteiger partial charge in [-0.25, -0.2) is 9.78 Å². The van der Waals surface area contributed by atoms with E-state index in [1.807, 2.05) is 13.8 Å². The molecule has 0 aromatic carbocycles. The molecular weight excluding hydrogens is 468 g/mol. The number of pyridine rings is 1. The SMILES string of the molecule is C[C@@H]1CN([C@H](C)CO)C(=O)c2cc(C#CC3CCCCC3)cnc2O[C@@H]1CN(C)C(=O)NC1CCCC1. The second-order valence-electron chi connectivity index (χ2n) is 11.1. The topological polar surface area (TPSA) is 95.0 Å². The number of aliphatic hydroxyl groups is 1. The number of hydrogen-bond donors (Lipinski definition) is 2. The van der Waals surface area contributed by atoms with Crippen LogP contribution in [0.15, 0.2) is 12.3 Å². The lowest BCUT2D eigenvalue weighted by Crippen LogP contribution is -2.52. The molecule has 2 fully saturated rings. The monoisotopic (exact) mass is 510 g/mol. The normalized spacial score (nSPS) is 23.7. The summed E-state index contributed by atoms with van der Waals surface area (Å²) in [6, 6.07) is 1.53. The Balaban J connectivity index is 1.56. The number of aliphatic hydroxyl groups excluding tert-OH is 1. The fourth-order valence-electron chi connectivity index (χ4n) is 5.53. The number of carbonyl (C=O) groups is 2. The van der Waals surface area contributed by atoms with Gasteiger partial charge in [0.2, 0.25) is 5.88 Å². The first-order valence-corrected chi connectivity index (χ1v) is 14.0. The van der Waals surface area contributed by atoms with Gasteiger partial charge in [0.25, 0.3) is 5.91 Å². The number of carbonyl (C=O) groups excluding carboxylic acids is 2. The first-order valence-electron chi connectivity index (χ1n) is 14.0. The van der Waals surface area contributed by atoms with E-state index in [-0.39, 0.29) is 48.5 Å². The minimum Gasteiger partial charge on any atom is -0.472 e. The summed E-state index contributed by atoms with van der Waals surface area (Å²) in [6.07, 6.45) is 11.6. The van der Waals surface area contributed by atoms with Gasteiger partial charge in [-0.15, -0.1) is 0 Å². The van der Waals surface area contributed by atoms with Crippen molar-refractivity contribution >= 4 is 11.9 Å². The van der Waals surface area contributed by atoms with Gasteiger partial charge in [-0.2, -0.15) is 0 Å². The average Bonchev–Trinajstić information content (AvgIpc) is 3.42. The highest BCUT2D eigenvalue weighted by Crippen LogP contribution is 2.28. The van der Waals surface area contributed by atoms with E-state index in [1.54, 1.807) is 29.1 Å². The molecule has 0 unspecified atom stereocenters. The lowest BCUT2D eigenvalue weighted by Gasteiger charge is -2.37. The number of ether oxygens (including phenoxy) is 1. The van der Waals surface area contributed by atoms with E-state index in [9.17, 15) is 14.7 Å². The zero-order valence-electron chi connectivity index (χ0n) is 22.5. The summed E-state index contributed by atoms with van der Waals surface area (Å²) in [6.45, 7) is 4.47. The number of aromatic nitrogens is 1. The summed E-state index contributed by atoms with van der Waals surface area (Å²) in [5.41, 5.74) is 1.04. The minimum atomic E-state index is -0.369. The third-order valence-corrected chi connectivity index (χ3v) is 8.03. The lowest BCUT2D eigenvalue weighted by atomic mass is 9.90. The highest BCUT2D eigenvalue weighted by molar-refractivity contribution is 5.97. The third kappa shape index (κ3) is 6.95. The molecule has 202 valence electrons. The van der Waals surface area contributed by atoms with Gasteiger partial charge in [-0.3, -0.25) is 4.79 Å². The Labute approximate surface area is 221 Å². The first-order chi connectivity index (χ1) is 17.9. The molecule has 2 saturated carbocycles. The zero-order valence-corrected chi connectivity index (χ0v) is 22.5. The van der Waals surface area contributed by atoms with Crippen LogP contribution in [0.25, 0.3) is 0 Å². The van der Waals surface area contributed by atoms with E-state index in [0.29, 0.717) is 30.1 Å². The van der Waals surface area contributed by atoms with Crippen LogP contribution in [0.1, 0.15) is 87.6 Å². The minimum absolute atomic E-state index is 0.0830. The quantitative estimate of drug-likeness (QED) is 0.588. The van der Waals surface area contributed by atoms with Gasteiger partial charge in [0.1, 0.15) is 11.7 Å². The zero-order chi connectivity index (χ0) is 26.4. The predicted molar refractivity (Wildman–Crippen MR) is 142 cm³/mol. The number of hydrogen-bond acceptors (Lipinski definition) is 5. The maximum atomic E-state index is 13.6. The van der Waals surface area contributed by atoms with Gasteiger partial charge >= 0.3 is 6.03 Å². The number of rotatable bonds is 5. The molecule has 0 bridgehead atoms. The second-order valence-corrected chi connectivity index (χ2v) is 11.1. The van der Waals surface area contributed by atoms with Gasteiger partial charge in [-0.1, -0.05) is 50.9 Å². The predicted octanol–water partition coefficient (Wildman–Crippen LogP) is 3.82. The second kappa shape index (κ2) is 12.6. The maximum Gasteiger partial charge on any atom is 0.317 e. The summed E-state index contributed by atoms with van der Waals surface area (Å²) >= 11 is 0. The smallest absolute Gasteiger partial charge is 0.317 e. The molecule has 8 heteroatoms. The molecule has 2 aliphatic carbocycles. The van der Waals surface area contributed by atoms with Crippen molar-refractivity contribution in [1.82, 2.24) is 20.1 Å². The van der Waals surface area contributed by atoms with Crippen molar-refractivity contribution in [2.45, 2.75) is 89.8 Å². The van der Waals surface area contributed by atoms with Crippen LogP contribution in [0, 0.1) is 23.7 Å². The maximum absolute atomic E-state index is 13.6. The molecule has 4 rings (SSSR count). The largest absolute Gasteiger partial charge is 0.472 e. The Hall–Kier alpha value is -2.79. The Bertz CT molecular complexity index is 1010. The van der Waals surface area contributed by atoms with Crippen molar-refractivity contribution in [2.75, 3.05) is 26.7 Å². The standard InChI is InChI=1S/C29H42N4O4/c1-20-17-33(21(2)19-34)28(35)25-15-23(14-13-22-9-5-4-6-10-22)16-30-27(25)37-26(20)18-32(3)29(36)31-24-11-7-8-12-24/h15-16,20-22,24,26,34H,4-12,17-19H2,1-3H3,(H,31,36)/t20-,21-,26-/m1/s1. The van der Waals surface area contributed by atoms with Crippen LogP contribution in [0.5, 0.6) is 5.88 Å². The Morgan fingerprint density at radius 2 is 1.95 bits per heavy atom. The van der Waals surface area contributed by atoms with E-state index in [1.165, 1.54) is 19.3 Å². The van der Waals surface area contributed by atoms with Crippen LogP contribution in [-0.4, -0.2) is 76.8 Å². The van der Waals surface area contributed by atoms with Crippen molar-refractivity contribution in [2.24, 2.45) is 11.8 Å². The molecule has 2 N–H and O–H groups in total. The highest BCUT2D eigenvalue weighted by Gasteiger charge is 2.35. The molecule has 0 spiro atoms. The molecular formula is C29H42N4O4. The summed E-state index contributed by atoms with van der Waals surface area (Å²) in [7, 11) is 1.77. The fraction of sp³-hybridized carbons (Fsp3) is 0.690. The molecule has 0 radical (unpaired) electrons. The Morgan fingerprint density at radius 3 is 2.65 bits per heavy atom. The van der Waals surface area contributed by atoms with Crippen LogP contribution in [-0.2, 0) is 0 Å². The Morgan fingerprint density at radius 1 is 1.24 bits per heavy atom. The first kappa shape index (κ1) is 27.3. The van der Waals surface area contributed by atoms with Gasteiger partial charge in [-0.05, 0) is 38.7 Å². The summed E-state index contributed by atoms with van der Waals surface area (Å²) in [5.74, 6) is 6.95. The van der Waals surface area contributed by atoms with Crippen molar-refractivity contribution in [3.05, 3.63) is 23.4 Å². The van der Waals surface area contributed by atoms with Crippen LogP contribution >= 0.6 is 0 Å². The summed E-state index contributed by atoms with van der Waals surface area (Å²) in [4.78, 5) is 34.3. The molecule has 37 heavy (non-hydrogen) atoms. The van der Waals surface area contributed by atoms with E-state index in [2.05, 4.69) is 22.1 Å². The van der Waals surface area contributed by atoms with Gasteiger partial charge < -0.3 is 25.0 Å². The molecule has 8 nitrogen and oxygen atoms in total. The molecule has 1 aromatic rings. The van der Waals surface area contributed by atoms with Crippen LogP contribution < -0.4 is 10.1 Å². The third-order valence-electron chi connectivity index (χ3n) is 8.03. The van der Waals surface area contributed by atoms with Gasteiger partial charge in [0.05, 0.1) is 19.2 Å². The van der Waals surface area contributed by atoms with Gasteiger partial charge in [0, 0.05) is 43.2 Å².